The molecular formula is C28H35N3O5. The second-order valence-corrected chi connectivity index (χ2v) is 8.98. The van der Waals surface area contributed by atoms with E-state index in [0.717, 1.165) is 35.4 Å². The van der Waals surface area contributed by atoms with Crippen molar-refractivity contribution in [1.29, 1.82) is 0 Å². The molecule has 1 unspecified atom stereocenters. The molecule has 0 spiro atoms. The van der Waals surface area contributed by atoms with Crippen LogP contribution in [-0.2, 0) is 9.47 Å². The van der Waals surface area contributed by atoms with Gasteiger partial charge in [0.2, 0.25) is 0 Å². The van der Waals surface area contributed by atoms with Crippen molar-refractivity contribution in [2.24, 2.45) is 5.92 Å². The fraction of sp³-hybridized carbons (Fsp3) is 0.429. The number of likely N-dealkylation sites (tertiary alicyclic amines) is 1. The van der Waals surface area contributed by atoms with Crippen molar-refractivity contribution in [3.63, 3.8) is 0 Å². The molecule has 8 heteroatoms. The standard InChI is InChI=1S/C28H35N3O5/c1-4-16-36-28(33)31-15-6-7-22-25(19-8-11-21(12-9-19)35-5-2)30-24-13-10-20(18-23(24)26(22)31)27(32)29-14-17-34-3/h4,8-13,18,22,25-26,30H,1,5-7,14-17H2,2-3H3,(H,29,32)/t22-,25?,26-/m0/s1. The number of piperidine rings is 1. The fourth-order valence-corrected chi connectivity index (χ4v) is 5.18. The van der Waals surface area contributed by atoms with Crippen LogP contribution in [0.1, 0.15) is 53.3 Å². The number of amides is 2. The molecule has 2 aliphatic heterocycles. The number of carbonyl (C=O) groups excluding carboxylic acids is 2. The molecule has 0 aliphatic carbocycles. The van der Waals surface area contributed by atoms with Gasteiger partial charge in [0, 0.05) is 37.4 Å². The van der Waals surface area contributed by atoms with Gasteiger partial charge >= 0.3 is 6.09 Å². The first-order valence-corrected chi connectivity index (χ1v) is 12.5. The van der Waals surface area contributed by atoms with Gasteiger partial charge in [0.1, 0.15) is 12.4 Å². The highest BCUT2D eigenvalue weighted by Crippen LogP contribution is 2.50. The maximum atomic E-state index is 13.1. The summed E-state index contributed by atoms with van der Waals surface area (Å²) in [6.07, 6.45) is 3.01. The van der Waals surface area contributed by atoms with E-state index in [1.54, 1.807) is 13.2 Å². The van der Waals surface area contributed by atoms with Gasteiger partial charge in [-0.2, -0.15) is 0 Å². The maximum Gasteiger partial charge on any atom is 0.410 e. The number of anilines is 1. The summed E-state index contributed by atoms with van der Waals surface area (Å²) in [5, 5.41) is 6.58. The van der Waals surface area contributed by atoms with Gasteiger partial charge in [0.05, 0.1) is 25.3 Å². The lowest BCUT2D eigenvalue weighted by Crippen LogP contribution is -2.48. The number of hydrogen-bond acceptors (Lipinski definition) is 6. The van der Waals surface area contributed by atoms with E-state index < -0.39 is 0 Å². The smallest absolute Gasteiger partial charge is 0.410 e. The fourth-order valence-electron chi connectivity index (χ4n) is 5.18. The molecule has 0 radical (unpaired) electrons. The molecular weight excluding hydrogens is 458 g/mol. The van der Waals surface area contributed by atoms with Crippen molar-refractivity contribution >= 4 is 17.7 Å². The van der Waals surface area contributed by atoms with Gasteiger partial charge in [-0.25, -0.2) is 4.79 Å². The van der Waals surface area contributed by atoms with E-state index in [4.69, 9.17) is 14.2 Å². The lowest BCUT2D eigenvalue weighted by atomic mass is 9.74. The van der Waals surface area contributed by atoms with Crippen molar-refractivity contribution in [2.45, 2.75) is 31.8 Å². The van der Waals surface area contributed by atoms with Gasteiger partial charge in [0.25, 0.3) is 5.91 Å². The minimum absolute atomic E-state index is 0.00504. The maximum absolute atomic E-state index is 13.1. The van der Waals surface area contributed by atoms with Crippen molar-refractivity contribution in [3.8, 4) is 5.75 Å². The van der Waals surface area contributed by atoms with Crippen molar-refractivity contribution in [3.05, 3.63) is 71.8 Å². The van der Waals surface area contributed by atoms with Gasteiger partial charge in [0.15, 0.2) is 0 Å². The molecule has 1 fully saturated rings. The van der Waals surface area contributed by atoms with E-state index >= 15 is 0 Å². The quantitative estimate of drug-likeness (QED) is 0.389. The predicted molar refractivity (Wildman–Crippen MR) is 138 cm³/mol. The lowest BCUT2D eigenvalue weighted by molar-refractivity contribution is 0.0505. The molecule has 0 aromatic heterocycles. The molecule has 8 nitrogen and oxygen atoms in total. The van der Waals surface area contributed by atoms with Crippen LogP contribution in [-0.4, -0.2) is 56.9 Å². The zero-order valence-corrected chi connectivity index (χ0v) is 21.0. The topological polar surface area (TPSA) is 89.1 Å². The summed E-state index contributed by atoms with van der Waals surface area (Å²) in [6.45, 7) is 7.85. The number of hydrogen-bond donors (Lipinski definition) is 2. The average Bonchev–Trinajstić information content (AvgIpc) is 2.91. The van der Waals surface area contributed by atoms with Gasteiger partial charge in [-0.3, -0.25) is 4.79 Å². The van der Waals surface area contributed by atoms with Crippen LogP contribution in [0.5, 0.6) is 5.75 Å². The highest BCUT2D eigenvalue weighted by Gasteiger charge is 2.45. The van der Waals surface area contributed by atoms with E-state index in [1.807, 2.05) is 42.2 Å². The number of methoxy groups -OCH3 is 1. The molecule has 192 valence electrons. The normalized spacial score (nSPS) is 20.4. The number of nitrogens with one attached hydrogen (secondary N) is 2. The molecule has 2 amide bonds. The Morgan fingerprint density at radius 3 is 2.75 bits per heavy atom. The number of benzene rings is 2. The third-order valence-electron chi connectivity index (χ3n) is 6.75. The van der Waals surface area contributed by atoms with Crippen molar-refractivity contribution in [2.75, 3.05) is 45.3 Å². The number of ether oxygens (including phenoxy) is 3. The summed E-state index contributed by atoms with van der Waals surface area (Å²) >= 11 is 0. The summed E-state index contributed by atoms with van der Waals surface area (Å²) in [4.78, 5) is 27.7. The highest BCUT2D eigenvalue weighted by molar-refractivity contribution is 5.95. The molecule has 1 saturated heterocycles. The van der Waals surface area contributed by atoms with Crippen LogP contribution in [0.2, 0.25) is 0 Å². The van der Waals surface area contributed by atoms with Gasteiger partial charge in [-0.1, -0.05) is 24.8 Å². The monoisotopic (exact) mass is 493 g/mol. The minimum Gasteiger partial charge on any atom is -0.494 e. The average molecular weight is 494 g/mol. The van der Waals surface area contributed by atoms with Gasteiger partial charge < -0.3 is 29.7 Å². The van der Waals surface area contributed by atoms with Crippen molar-refractivity contribution in [1.82, 2.24) is 10.2 Å². The Kier molecular flexibility index (Phi) is 8.48. The molecule has 0 saturated carbocycles. The zero-order chi connectivity index (χ0) is 25.5. The molecule has 3 atom stereocenters. The van der Waals surface area contributed by atoms with E-state index in [2.05, 4.69) is 29.3 Å². The summed E-state index contributed by atoms with van der Waals surface area (Å²) < 4.78 is 16.1. The van der Waals surface area contributed by atoms with E-state index in [-0.39, 0.29) is 36.6 Å². The molecule has 0 bridgehead atoms. The highest BCUT2D eigenvalue weighted by atomic mass is 16.6. The predicted octanol–water partition coefficient (Wildman–Crippen LogP) is 4.70. The Labute approximate surface area is 212 Å². The third kappa shape index (κ3) is 5.49. The first-order chi connectivity index (χ1) is 17.6. The number of carbonyl (C=O) groups is 2. The summed E-state index contributed by atoms with van der Waals surface area (Å²) in [7, 11) is 1.60. The van der Waals surface area contributed by atoms with Gasteiger partial charge in [-0.15, -0.1) is 0 Å². The minimum atomic E-state index is -0.363. The van der Waals surface area contributed by atoms with Crippen molar-refractivity contribution < 1.29 is 23.8 Å². The summed E-state index contributed by atoms with van der Waals surface area (Å²) in [5.41, 5.74) is 3.51. The van der Waals surface area contributed by atoms with Crippen LogP contribution in [0.15, 0.2) is 55.1 Å². The number of fused-ring (bicyclic) bond motifs is 3. The first-order valence-electron chi connectivity index (χ1n) is 12.5. The molecule has 2 N–H and O–H groups in total. The van der Waals surface area contributed by atoms with Crippen LogP contribution < -0.4 is 15.4 Å². The number of rotatable bonds is 9. The lowest BCUT2D eigenvalue weighted by Gasteiger charge is -2.48. The Balaban J connectivity index is 1.70. The van der Waals surface area contributed by atoms with Crippen LogP contribution in [0.4, 0.5) is 10.5 Å². The Morgan fingerprint density at radius 2 is 2.03 bits per heavy atom. The number of nitrogens with zero attached hydrogens (tertiary/aromatic N) is 1. The third-order valence-corrected chi connectivity index (χ3v) is 6.75. The second kappa shape index (κ2) is 11.9. The van der Waals surface area contributed by atoms with Crippen LogP contribution in [0, 0.1) is 5.92 Å². The van der Waals surface area contributed by atoms with E-state index in [0.29, 0.717) is 31.9 Å². The molecule has 2 heterocycles. The Hall–Kier alpha value is -3.52. The Bertz CT molecular complexity index is 1070. The van der Waals surface area contributed by atoms with Gasteiger partial charge in [-0.05, 0) is 61.2 Å². The van der Waals surface area contributed by atoms with E-state index in [9.17, 15) is 9.59 Å². The molecule has 2 aromatic rings. The SMILES string of the molecule is C=CCOC(=O)N1CCC[C@H]2C(c3ccc(OCC)cc3)Nc3ccc(C(=O)NCCOC)cc3[C@H]21. The molecule has 2 aliphatic rings. The molecule has 4 rings (SSSR count). The largest absolute Gasteiger partial charge is 0.494 e. The molecule has 2 aromatic carbocycles. The first kappa shape index (κ1) is 25.6. The van der Waals surface area contributed by atoms with Crippen LogP contribution in [0.3, 0.4) is 0 Å². The second-order valence-electron chi connectivity index (χ2n) is 8.98. The Morgan fingerprint density at radius 1 is 1.22 bits per heavy atom. The molecule has 36 heavy (non-hydrogen) atoms. The summed E-state index contributed by atoms with van der Waals surface area (Å²) in [5.74, 6) is 0.764. The van der Waals surface area contributed by atoms with Crippen LogP contribution in [0.25, 0.3) is 0 Å². The zero-order valence-electron chi connectivity index (χ0n) is 21.0. The summed E-state index contributed by atoms with van der Waals surface area (Å²) in [6, 6.07) is 13.5. The van der Waals surface area contributed by atoms with Crippen LogP contribution >= 0.6 is 0 Å². The van der Waals surface area contributed by atoms with E-state index in [1.165, 1.54) is 0 Å².